The molecule has 21 heavy (non-hydrogen) atoms. The van der Waals surface area contributed by atoms with Gasteiger partial charge in [-0.1, -0.05) is 19.3 Å². The van der Waals surface area contributed by atoms with Crippen LogP contribution in [0, 0.1) is 0 Å². The second kappa shape index (κ2) is 6.79. The van der Waals surface area contributed by atoms with Crippen LogP contribution in [0.1, 0.15) is 38.5 Å². The summed E-state index contributed by atoms with van der Waals surface area (Å²) in [5, 5.41) is 3.12. The quantitative estimate of drug-likeness (QED) is 0.869. The highest BCUT2D eigenvalue weighted by atomic mass is 32.2. The van der Waals surface area contributed by atoms with E-state index in [0.717, 1.165) is 24.2 Å². The number of carbonyl (C=O) groups is 1. The minimum Gasteiger partial charge on any atom is -0.373 e. The maximum atomic E-state index is 12.0. The number of amides is 1. The summed E-state index contributed by atoms with van der Waals surface area (Å²) in [5.41, 5.74) is 0.0639. The van der Waals surface area contributed by atoms with Gasteiger partial charge in [-0.3, -0.25) is 9.78 Å². The highest BCUT2D eigenvalue weighted by molar-refractivity contribution is 8.00. The van der Waals surface area contributed by atoms with Crippen molar-refractivity contribution < 1.29 is 9.53 Å². The molecule has 5 heteroatoms. The van der Waals surface area contributed by atoms with Crippen LogP contribution in [-0.4, -0.2) is 34.9 Å². The molecule has 2 aliphatic rings. The van der Waals surface area contributed by atoms with Crippen molar-refractivity contribution in [2.24, 2.45) is 0 Å². The average Bonchev–Trinajstić information content (AvgIpc) is 2.89. The number of pyridine rings is 1. The van der Waals surface area contributed by atoms with E-state index in [9.17, 15) is 4.79 Å². The topological polar surface area (TPSA) is 51.2 Å². The highest BCUT2D eigenvalue weighted by Gasteiger charge is 2.41. The number of ether oxygens (including phenoxy) is 1. The van der Waals surface area contributed by atoms with E-state index < -0.39 is 0 Å². The summed E-state index contributed by atoms with van der Waals surface area (Å²) < 4.78 is 6.03. The van der Waals surface area contributed by atoms with Gasteiger partial charge in [-0.05, 0) is 31.4 Å². The van der Waals surface area contributed by atoms with Gasteiger partial charge >= 0.3 is 0 Å². The SMILES string of the molecule is O=C(CSc1ccncc1)NC1COC2(CCCCC2)C1. The van der Waals surface area contributed by atoms with Crippen LogP contribution < -0.4 is 5.32 Å². The van der Waals surface area contributed by atoms with E-state index >= 15 is 0 Å². The molecule has 1 N–H and O–H groups in total. The molecule has 4 nitrogen and oxygen atoms in total. The summed E-state index contributed by atoms with van der Waals surface area (Å²) in [5.74, 6) is 0.548. The number of aromatic nitrogens is 1. The van der Waals surface area contributed by atoms with Crippen LogP contribution in [0.2, 0.25) is 0 Å². The molecule has 2 heterocycles. The third kappa shape index (κ3) is 3.98. The molecule has 1 unspecified atom stereocenters. The van der Waals surface area contributed by atoms with Gasteiger partial charge in [0.2, 0.25) is 5.91 Å². The minimum atomic E-state index is 0.0639. The zero-order valence-electron chi connectivity index (χ0n) is 12.2. The fourth-order valence-electron chi connectivity index (χ4n) is 3.33. The Balaban J connectivity index is 1.43. The molecular weight excluding hydrogens is 284 g/mol. The van der Waals surface area contributed by atoms with Gasteiger partial charge in [0, 0.05) is 17.3 Å². The Morgan fingerprint density at radius 1 is 1.33 bits per heavy atom. The van der Waals surface area contributed by atoms with Gasteiger partial charge in [0.05, 0.1) is 24.0 Å². The summed E-state index contributed by atoms with van der Waals surface area (Å²) in [7, 11) is 0. The van der Waals surface area contributed by atoms with Crippen molar-refractivity contribution in [3.05, 3.63) is 24.5 Å². The van der Waals surface area contributed by atoms with E-state index in [-0.39, 0.29) is 17.6 Å². The molecule has 1 aliphatic carbocycles. The molecular formula is C16H22N2O2S. The summed E-state index contributed by atoms with van der Waals surface area (Å²) in [6.45, 7) is 0.672. The van der Waals surface area contributed by atoms with E-state index in [1.54, 1.807) is 24.2 Å². The van der Waals surface area contributed by atoms with E-state index in [4.69, 9.17) is 4.74 Å². The summed E-state index contributed by atoms with van der Waals surface area (Å²) in [6, 6.07) is 4.04. The Kier molecular flexibility index (Phi) is 4.80. The summed E-state index contributed by atoms with van der Waals surface area (Å²) >= 11 is 1.55. The van der Waals surface area contributed by atoms with Crippen molar-refractivity contribution >= 4 is 17.7 Å². The molecule has 1 aromatic rings. The van der Waals surface area contributed by atoms with Crippen molar-refractivity contribution in [2.45, 2.75) is 55.1 Å². The monoisotopic (exact) mass is 306 g/mol. The predicted molar refractivity (Wildman–Crippen MR) is 83.3 cm³/mol. The van der Waals surface area contributed by atoms with Crippen molar-refractivity contribution in [1.82, 2.24) is 10.3 Å². The molecule has 0 aromatic carbocycles. The van der Waals surface area contributed by atoms with E-state index in [1.807, 2.05) is 12.1 Å². The Labute approximate surface area is 130 Å². The lowest BCUT2D eigenvalue weighted by atomic mass is 9.82. The zero-order chi connectivity index (χ0) is 14.5. The fraction of sp³-hybridized carbons (Fsp3) is 0.625. The van der Waals surface area contributed by atoms with Crippen LogP contribution >= 0.6 is 11.8 Å². The standard InChI is InChI=1S/C16H22N2O2S/c19-15(12-21-14-4-8-17-9-5-14)18-13-10-16(20-11-13)6-2-1-3-7-16/h4-5,8-9,13H,1-3,6-7,10-12H2,(H,18,19). The van der Waals surface area contributed by atoms with Crippen LogP contribution in [0.25, 0.3) is 0 Å². The van der Waals surface area contributed by atoms with Crippen molar-refractivity contribution in [2.75, 3.05) is 12.4 Å². The first kappa shape index (κ1) is 14.9. The highest BCUT2D eigenvalue weighted by Crippen LogP contribution is 2.39. The Morgan fingerprint density at radius 2 is 2.10 bits per heavy atom. The Morgan fingerprint density at radius 3 is 2.86 bits per heavy atom. The molecule has 1 spiro atoms. The van der Waals surface area contributed by atoms with Gasteiger partial charge in [-0.2, -0.15) is 0 Å². The number of thioether (sulfide) groups is 1. The average molecular weight is 306 g/mol. The molecule has 0 radical (unpaired) electrons. The molecule has 2 fully saturated rings. The number of hydrogen-bond donors (Lipinski definition) is 1. The minimum absolute atomic E-state index is 0.0639. The van der Waals surface area contributed by atoms with Crippen molar-refractivity contribution in [1.29, 1.82) is 0 Å². The Hall–Kier alpha value is -1.07. The first-order chi connectivity index (χ1) is 10.3. The molecule has 114 valence electrons. The normalized spacial score (nSPS) is 24.1. The van der Waals surface area contributed by atoms with Gasteiger partial charge in [-0.15, -0.1) is 11.8 Å². The first-order valence-corrected chi connectivity index (χ1v) is 8.71. The van der Waals surface area contributed by atoms with Crippen LogP contribution in [-0.2, 0) is 9.53 Å². The maximum Gasteiger partial charge on any atom is 0.230 e. The zero-order valence-corrected chi connectivity index (χ0v) is 13.0. The van der Waals surface area contributed by atoms with Gasteiger partial charge in [0.15, 0.2) is 0 Å². The molecule has 1 saturated carbocycles. The molecule has 1 aliphatic heterocycles. The summed E-state index contributed by atoms with van der Waals surface area (Å²) in [6.07, 6.45) is 10.6. The lowest BCUT2D eigenvalue weighted by molar-refractivity contribution is -0.119. The van der Waals surface area contributed by atoms with Gasteiger partial charge in [0.25, 0.3) is 0 Å². The van der Waals surface area contributed by atoms with Crippen LogP contribution in [0.5, 0.6) is 0 Å². The van der Waals surface area contributed by atoms with Gasteiger partial charge in [-0.25, -0.2) is 0 Å². The molecule has 3 rings (SSSR count). The van der Waals surface area contributed by atoms with E-state index in [1.165, 1.54) is 19.3 Å². The lowest BCUT2D eigenvalue weighted by Gasteiger charge is -2.32. The van der Waals surface area contributed by atoms with E-state index in [0.29, 0.717) is 12.4 Å². The van der Waals surface area contributed by atoms with Gasteiger partial charge < -0.3 is 10.1 Å². The third-order valence-corrected chi connectivity index (χ3v) is 5.37. The number of carbonyl (C=O) groups excluding carboxylic acids is 1. The first-order valence-electron chi connectivity index (χ1n) is 7.72. The predicted octanol–water partition coefficient (Wildman–Crippen LogP) is 2.78. The lowest BCUT2D eigenvalue weighted by Crippen LogP contribution is -2.38. The molecule has 0 bridgehead atoms. The second-order valence-corrected chi connectivity index (χ2v) is 7.04. The van der Waals surface area contributed by atoms with Gasteiger partial charge in [0.1, 0.15) is 0 Å². The number of nitrogens with zero attached hydrogens (tertiary/aromatic N) is 1. The van der Waals surface area contributed by atoms with Crippen molar-refractivity contribution in [3.63, 3.8) is 0 Å². The van der Waals surface area contributed by atoms with Crippen molar-refractivity contribution in [3.8, 4) is 0 Å². The van der Waals surface area contributed by atoms with E-state index in [2.05, 4.69) is 10.3 Å². The maximum absolute atomic E-state index is 12.0. The largest absolute Gasteiger partial charge is 0.373 e. The van der Waals surface area contributed by atoms with Crippen LogP contribution in [0.15, 0.2) is 29.4 Å². The fourth-order valence-corrected chi connectivity index (χ4v) is 4.03. The molecule has 1 aromatic heterocycles. The Bertz CT molecular complexity index is 474. The number of rotatable bonds is 4. The molecule has 1 saturated heterocycles. The number of hydrogen-bond acceptors (Lipinski definition) is 4. The third-order valence-electron chi connectivity index (χ3n) is 4.36. The molecule has 1 amide bonds. The molecule has 1 atom stereocenters. The van der Waals surface area contributed by atoms with Crippen LogP contribution in [0.3, 0.4) is 0 Å². The summed E-state index contributed by atoms with van der Waals surface area (Å²) in [4.78, 5) is 17.1. The number of nitrogens with one attached hydrogen (secondary N) is 1. The van der Waals surface area contributed by atoms with Crippen LogP contribution in [0.4, 0.5) is 0 Å². The smallest absolute Gasteiger partial charge is 0.230 e. The second-order valence-electron chi connectivity index (χ2n) is 5.99.